The fraction of sp³-hybridized carbons (Fsp3) is 0.500. The molecule has 0 saturated carbocycles. The van der Waals surface area contributed by atoms with E-state index in [1.807, 2.05) is 18.2 Å². The second kappa shape index (κ2) is 9.78. The number of hydrogen-bond donors (Lipinski definition) is 2. The fourth-order valence-electron chi connectivity index (χ4n) is 2.01. The van der Waals surface area contributed by atoms with Crippen LogP contribution < -0.4 is 15.9 Å². The summed E-state index contributed by atoms with van der Waals surface area (Å²) >= 11 is 0. The molecule has 0 unspecified atom stereocenters. The van der Waals surface area contributed by atoms with E-state index in [0.717, 1.165) is 42.9 Å². The molecule has 122 valence electrons. The number of hydrogen-bond acceptors (Lipinski definition) is 4. The maximum atomic E-state index is 10.6. The molecule has 0 heterocycles. The van der Waals surface area contributed by atoms with Crippen LogP contribution in [0, 0.1) is 0 Å². The third-order valence-corrected chi connectivity index (χ3v) is 3.22. The number of carbonyl (C=O) groups excluding carboxylic acids is 1. The highest BCUT2D eigenvalue weighted by Gasteiger charge is 2.08. The number of nitrogens with one attached hydrogen (secondary N) is 1. The van der Waals surface area contributed by atoms with Gasteiger partial charge in [0.2, 0.25) is 0 Å². The van der Waals surface area contributed by atoms with Crippen molar-refractivity contribution >= 4 is 12.2 Å². The molecule has 0 radical (unpaired) electrons. The molecule has 1 aromatic carbocycles. The molecule has 0 bridgehead atoms. The maximum absolute atomic E-state index is 10.6. The second-order valence-electron chi connectivity index (χ2n) is 4.91. The molecule has 6 heteroatoms. The molecule has 22 heavy (non-hydrogen) atoms. The SMILES string of the molecule is CCCOc1ccc(C=NNC(N)=O)cc1CN(CC)CC. The molecule has 3 N–H and O–H groups in total. The zero-order valence-corrected chi connectivity index (χ0v) is 13.6. The van der Waals surface area contributed by atoms with Crippen LogP contribution in [0.25, 0.3) is 0 Å². The number of amides is 2. The number of nitrogens with two attached hydrogens (primary N) is 1. The monoisotopic (exact) mass is 306 g/mol. The van der Waals surface area contributed by atoms with Crippen LogP contribution in [-0.2, 0) is 6.54 Å². The summed E-state index contributed by atoms with van der Waals surface area (Å²) < 4.78 is 5.81. The van der Waals surface area contributed by atoms with Crippen LogP contribution in [0.4, 0.5) is 4.79 Å². The number of hydrazone groups is 1. The van der Waals surface area contributed by atoms with Crippen LogP contribution in [0.1, 0.15) is 38.3 Å². The third kappa shape index (κ3) is 6.13. The van der Waals surface area contributed by atoms with Gasteiger partial charge in [-0.25, -0.2) is 10.2 Å². The smallest absolute Gasteiger partial charge is 0.332 e. The quantitative estimate of drug-likeness (QED) is 0.543. The van der Waals surface area contributed by atoms with Gasteiger partial charge in [-0.3, -0.25) is 4.90 Å². The highest BCUT2D eigenvalue weighted by atomic mass is 16.5. The summed E-state index contributed by atoms with van der Waals surface area (Å²) in [6.07, 6.45) is 2.54. The van der Waals surface area contributed by atoms with Crippen LogP contribution in [0.15, 0.2) is 23.3 Å². The molecule has 0 atom stereocenters. The standard InChI is InChI=1S/C16H26N4O2/c1-4-9-22-15-8-7-13(11-18-19-16(17)21)10-14(15)12-20(5-2)6-3/h7-8,10-11H,4-6,9,12H2,1-3H3,(H3,17,19,21). The number of carbonyl (C=O) groups is 1. The lowest BCUT2D eigenvalue weighted by Gasteiger charge is -2.20. The molecule has 1 rings (SSSR count). The Morgan fingerprint density at radius 3 is 2.68 bits per heavy atom. The largest absolute Gasteiger partial charge is 0.493 e. The van der Waals surface area contributed by atoms with Crippen LogP contribution in [0.3, 0.4) is 0 Å². The minimum absolute atomic E-state index is 0.678. The number of benzene rings is 1. The summed E-state index contributed by atoms with van der Waals surface area (Å²) in [7, 11) is 0. The van der Waals surface area contributed by atoms with E-state index in [9.17, 15) is 4.79 Å². The molecule has 6 nitrogen and oxygen atoms in total. The normalized spacial score (nSPS) is 11.1. The van der Waals surface area contributed by atoms with E-state index >= 15 is 0 Å². The van der Waals surface area contributed by atoms with Gasteiger partial charge < -0.3 is 10.5 Å². The van der Waals surface area contributed by atoms with Crippen LogP contribution >= 0.6 is 0 Å². The van der Waals surface area contributed by atoms with Crippen molar-refractivity contribution < 1.29 is 9.53 Å². The number of rotatable bonds is 9. The highest BCUT2D eigenvalue weighted by Crippen LogP contribution is 2.22. The molecule has 0 saturated heterocycles. The summed E-state index contributed by atoms with van der Waals surface area (Å²) in [6, 6.07) is 5.20. The molecule has 0 fully saturated rings. The molecule has 0 aliphatic heterocycles. The first-order valence-electron chi connectivity index (χ1n) is 7.67. The van der Waals surface area contributed by atoms with Gasteiger partial charge in [-0.1, -0.05) is 20.8 Å². The molecule has 0 aliphatic carbocycles. The summed E-state index contributed by atoms with van der Waals surface area (Å²) in [5.41, 5.74) is 9.17. The van der Waals surface area contributed by atoms with E-state index in [2.05, 4.69) is 36.2 Å². The summed E-state index contributed by atoms with van der Waals surface area (Å²) in [5, 5.41) is 3.79. The van der Waals surface area contributed by atoms with E-state index in [4.69, 9.17) is 10.5 Å². The minimum atomic E-state index is -0.678. The summed E-state index contributed by atoms with van der Waals surface area (Å²) in [4.78, 5) is 12.9. The van der Waals surface area contributed by atoms with Crippen LogP contribution in [0.5, 0.6) is 5.75 Å². The number of ether oxygens (including phenoxy) is 1. The molecule has 2 amide bonds. The molecule has 0 spiro atoms. The van der Waals surface area contributed by atoms with E-state index in [1.54, 1.807) is 6.21 Å². The van der Waals surface area contributed by atoms with E-state index in [0.29, 0.717) is 6.61 Å². The highest BCUT2D eigenvalue weighted by molar-refractivity contribution is 5.82. The molecular weight excluding hydrogens is 280 g/mol. The molecule has 0 aliphatic rings. The van der Waals surface area contributed by atoms with Gasteiger partial charge in [-0.15, -0.1) is 0 Å². The predicted octanol–water partition coefficient (Wildman–Crippen LogP) is 2.32. The van der Waals surface area contributed by atoms with E-state index in [1.165, 1.54) is 0 Å². The maximum Gasteiger partial charge on any atom is 0.332 e. The Kier molecular flexibility index (Phi) is 7.99. The van der Waals surface area contributed by atoms with Gasteiger partial charge in [-0.05, 0) is 43.3 Å². The predicted molar refractivity (Wildman–Crippen MR) is 89.2 cm³/mol. The Balaban J connectivity index is 2.94. The van der Waals surface area contributed by atoms with E-state index < -0.39 is 6.03 Å². The average Bonchev–Trinajstić information content (AvgIpc) is 2.51. The van der Waals surface area contributed by atoms with Crippen molar-refractivity contribution in [3.8, 4) is 5.75 Å². The first-order valence-corrected chi connectivity index (χ1v) is 7.67. The van der Waals surface area contributed by atoms with Gasteiger partial charge >= 0.3 is 6.03 Å². The van der Waals surface area contributed by atoms with Crippen molar-refractivity contribution in [3.63, 3.8) is 0 Å². The Labute approximate surface area is 132 Å². The lowest BCUT2D eigenvalue weighted by molar-refractivity contribution is 0.249. The second-order valence-corrected chi connectivity index (χ2v) is 4.91. The molecular formula is C16H26N4O2. The summed E-state index contributed by atoms with van der Waals surface area (Å²) in [5.74, 6) is 0.897. The lowest BCUT2D eigenvalue weighted by Crippen LogP contribution is -2.24. The first-order chi connectivity index (χ1) is 10.6. The summed E-state index contributed by atoms with van der Waals surface area (Å²) in [6.45, 7) is 9.83. The van der Waals surface area contributed by atoms with Crippen molar-refractivity contribution in [2.75, 3.05) is 19.7 Å². The van der Waals surface area contributed by atoms with Crippen molar-refractivity contribution in [1.82, 2.24) is 10.3 Å². The van der Waals surface area contributed by atoms with Gasteiger partial charge in [0.05, 0.1) is 12.8 Å². The third-order valence-electron chi connectivity index (χ3n) is 3.22. The first kappa shape index (κ1) is 18.0. The number of primary amides is 1. The topological polar surface area (TPSA) is 80.0 Å². The van der Waals surface area contributed by atoms with E-state index in [-0.39, 0.29) is 0 Å². The van der Waals surface area contributed by atoms with Gasteiger partial charge in [0.15, 0.2) is 0 Å². The van der Waals surface area contributed by atoms with Crippen molar-refractivity contribution in [2.24, 2.45) is 10.8 Å². The van der Waals surface area contributed by atoms with Gasteiger partial charge in [-0.2, -0.15) is 5.10 Å². The van der Waals surface area contributed by atoms with Gasteiger partial charge in [0.1, 0.15) is 5.75 Å². The van der Waals surface area contributed by atoms with Crippen molar-refractivity contribution in [3.05, 3.63) is 29.3 Å². The zero-order valence-electron chi connectivity index (χ0n) is 13.6. The van der Waals surface area contributed by atoms with Crippen LogP contribution in [0.2, 0.25) is 0 Å². The van der Waals surface area contributed by atoms with Crippen molar-refractivity contribution in [1.29, 1.82) is 0 Å². The lowest BCUT2D eigenvalue weighted by atomic mass is 10.1. The minimum Gasteiger partial charge on any atom is -0.493 e. The van der Waals surface area contributed by atoms with Crippen molar-refractivity contribution in [2.45, 2.75) is 33.7 Å². The van der Waals surface area contributed by atoms with Crippen LogP contribution in [-0.4, -0.2) is 36.8 Å². The Morgan fingerprint density at radius 1 is 1.36 bits per heavy atom. The number of urea groups is 1. The Bertz CT molecular complexity index is 499. The zero-order chi connectivity index (χ0) is 16.4. The Morgan fingerprint density at radius 2 is 2.09 bits per heavy atom. The van der Waals surface area contributed by atoms with Gasteiger partial charge in [0.25, 0.3) is 0 Å². The molecule has 1 aromatic rings. The van der Waals surface area contributed by atoms with Gasteiger partial charge in [0, 0.05) is 12.1 Å². The number of nitrogens with zero attached hydrogens (tertiary/aromatic N) is 2. The fourth-order valence-corrected chi connectivity index (χ4v) is 2.01. The average molecular weight is 306 g/mol. The molecule has 0 aromatic heterocycles. The Hall–Kier alpha value is -2.08.